The summed E-state index contributed by atoms with van der Waals surface area (Å²) in [5.74, 6) is -0.563. The lowest BCUT2D eigenvalue weighted by Crippen LogP contribution is -2.14. The second-order valence-electron chi connectivity index (χ2n) is 6.32. The van der Waals surface area contributed by atoms with E-state index in [1.165, 1.54) is 0 Å². The predicted octanol–water partition coefficient (Wildman–Crippen LogP) is 4.84. The predicted molar refractivity (Wildman–Crippen MR) is 97.7 cm³/mol. The number of hydrogen-bond acceptors (Lipinski definition) is 3. The quantitative estimate of drug-likeness (QED) is 0.484. The summed E-state index contributed by atoms with van der Waals surface area (Å²) in [4.78, 5) is 16.9. The number of rotatable bonds is 4. The number of hydrogen-bond donors (Lipinski definition) is 0. The lowest BCUT2D eigenvalue weighted by Gasteiger charge is -2.15. The fraction of sp³-hybridized carbons (Fsp3) is 0.200. The Morgan fingerprint density at radius 3 is 2.48 bits per heavy atom. The molecular weight excluding hydrogens is 352 g/mol. The Morgan fingerprint density at radius 2 is 1.74 bits per heavy atom. The summed E-state index contributed by atoms with van der Waals surface area (Å²) in [5, 5.41) is 0.750. The Balaban J connectivity index is 1.70. The van der Waals surface area contributed by atoms with Crippen LogP contribution in [0.4, 0.5) is 8.78 Å². The van der Waals surface area contributed by atoms with Gasteiger partial charge >= 0.3 is 12.5 Å². The number of alkyl halides is 2. The van der Waals surface area contributed by atoms with Crippen LogP contribution < -0.4 is 0 Å². The number of fused-ring (bicyclic) bond motifs is 2. The smallest absolute Gasteiger partial charge is 0.341 e. The van der Waals surface area contributed by atoms with Crippen LogP contribution >= 0.6 is 0 Å². The first kappa shape index (κ1) is 17.2. The molecule has 27 heavy (non-hydrogen) atoms. The van der Waals surface area contributed by atoms with Crippen molar-refractivity contribution >= 4 is 27.9 Å². The zero-order chi connectivity index (χ0) is 19.1. The summed E-state index contributed by atoms with van der Waals surface area (Å²) >= 11 is 0. The first-order valence-corrected chi connectivity index (χ1v) is 8.47. The number of halogens is 2. The van der Waals surface area contributed by atoms with Gasteiger partial charge in [-0.3, -0.25) is 4.57 Å². The maximum Gasteiger partial charge on any atom is 0.341 e. The molecule has 5 nitrogen and oxygen atoms in total. The van der Waals surface area contributed by atoms with Crippen molar-refractivity contribution in [1.29, 1.82) is 0 Å². The van der Waals surface area contributed by atoms with Gasteiger partial charge in [0.25, 0.3) is 0 Å². The highest BCUT2D eigenvalue weighted by molar-refractivity contribution is 6.04. The van der Waals surface area contributed by atoms with Crippen molar-refractivity contribution in [3.8, 4) is 0 Å². The van der Waals surface area contributed by atoms with E-state index in [0.717, 1.165) is 15.5 Å². The summed E-state index contributed by atoms with van der Waals surface area (Å²) < 4.78 is 35.3. The van der Waals surface area contributed by atoms with E-state index in [4.69, 9.17) is 4.74 Å². The maximum absolute atomic E-state index is 13.6. The van der Waals surface area contributed by atoms with Crippen molar-refractivity contribution in [2.75, 3.05) is 0 Å². The first-order valence-electron chi connectivity index (χ1n) is 8.47. The Labute approximate surface area is 153 Å². The highest BCUT2D eigenvalue weighted by Gasteiger charge is 2.25. The highest BCUT2D eigenvalue weighted by atomic mass is 19.3. The molecule has 0 aliphatic rings. The van der Waals surface area contributed by atoms with Gasteiger partial charge in [-0.05, 0) is 25.1 Å². The lowest BCUT2D eigenvalue weighted by molar-refractivity contribution is 0.0235. The molecule has 0 aliphatic heterocycles. The van der Waals surface area contributed by atoms with Gasteiger partial charge in [-0.25, -0.2) is 9.78 Å². The molecule has 4 aromatic rings. The Bertz CT molecular complexity index is 1150. The largest absolute Gasteiger partial charge is 0.451 e. The van der Waals surface area contributed by atoms with E-state index in [0.29, 0.717) is 16.6 Å². The van der Waals surface area contributed by atoms with Crippen molar-refractivity contribution in [1.82, 2.24) is 14.1 Å². The third kappa shape index (κ3) is 2.85. The van der Waals surface area contributed by atoms with Gasteiger partial charge in [-0.2, -0.15) is 8.78 Å². The number of benzene rings is 2. The van der Waals surface area contributed by atoms with E-state index >= 15 is 0 Å². The molecule has 2 aromatic heterocycles. The second-order valence-corrected chi connectivity index (χ2v) is 6.32. The molecule has 2 heterocycles. The fourth-order valence-electron chi connectivity index (χ4n) is 3.34. The molecule has 2 aromatic carbocycles. The highest BCUT2D eigenvalue weighted by Crippen LogP contribution is 2.29. The standard InChI is InChI=1S/C20H17F2N3O2/c1-12(18-23-15-8-4-6-10-17(15)25(18)20(21)22)27-19(26)14-11-24(2)16-9-5-3-7-13(14)16/h3-12,20H,1-2H3/t12-/m1/s1. The number of aromatic nitrogens is 3. The molecule has 0 saturated heterocycles. The van der Waals surface area contributed by atoms with Crippen molar-refractivity contribution in [3.05, 3.63) is 66.1 Å². The van der Waals surface area contributed by atoms with Gasteiger partial charge < -0.3 is 9.30 Å². The average Bonchev–Trinajstić information content (AvgIpc) is 3.20. The molecular formula is C20H17F2N3O2. The summed E-state index contributed by atoms with van der Waals surface area (Å²) in [6.07, 6.45) is 0.744. The van der Waals surface area contributed by atoms with Gasteiger partial charge in [0.2, 0.25) is 0 Å². The van der Waals surface area contributed by atoms with Crippen LogP contribution in [0, 0.1) is 0 Å². The molecule has 0 radical (unpaired) electrons. The zero-order valence-electron chi connectivity index (χ0n) is 14.8. The Kier molecular flexibility index (Phi) is 4.14. The summed E-state index contributed by atoms with van der Waals surface area (Å²) in [7, 11) is 1.83. The fourth-order valence-corrected chi connectivity index (χ4v) is 3.34. The van der Waals surface area contributed by atoms with Crippen LogP contribution in [0.2, 0.25) is 0 Å². The lowest BCUT2D eigenvalue weighted by atomic mass is 10.2. The minimum Gasteiger partial charge on any atom is -0.451 e. The summed E-state index contributed by atoms with van der Waals surface area (Å²) in [5.41, 5.74) is 2.01. The second kappa shape index (κ2) is 6.50. The molecule has 4 rings (SSSR count). The van der Waals surface area contributed by atoms with Crippen LogP contribution in [0.15, 0.2) is 54.7 Å². The van der Waals surface area contributed by atoms with E-state index in [2.05, 4.69) is 4.98 Å². The number of para-hydroxylation sites is 3. The monoisotopic (exact) mass is 369 g/mol. The molecule has 0 N–H and O–H groups in total. The molecule has 0 unspecified atom stereocenters. The number of carbonyl (C=O) groups excluding carboxylic acids is 1. The van der Waals surface area contributed by atoms with Gasteiger partial charge in [-0.1, -0.05) is 30.3 Å². The molecule has 0 aliphatic carbocycles. The van der Waals surface area contributed by atoms with Crippen molar-refractivity contribution < 1.29 is 18.3 Å². The SMILES string of the molecule is C[C@@H](OC(=O)c1cn(C)c2ccccc12)c1nc2ccccc2n1C(F)F. The van der Waals surface area contributed by atoms with E-state index in [1.54, 1.807) is 37.4 Å². The third-order valence-corrected chi connectivity index (χ3v) is 4.58. The van der Waals surface area contributed by atoms with Gasteiger partial charge in [0.1, 0.15) is 0 Å². The van der Waals surface area contributed by atoms with Crippen molar-refractivity contribution in [3.63, 3.8) is 0 Å². The van der Waals surface area contributed by atoms with Crippen LogP contribution in [0.1, 0.15) is 35.8 Å². The maximum atomic E-state index is 13.6. The minimum absolute atomic E-state index is 0.0137. The Morgan fingerprint density at radius 1 is 1.07 bits per heavy atom. The Hall–Kier alpha value is -3.22. The molecule has 0 fully saturated rings. The van der Waals surface area contributed by atoms with Gasteiger partial charge in [0.05, 0.1) is 16.6 Å². The third-order valence-electron chi connectivity index (χ3n) is 4.58. The van der Waals surface area contributed by atoms with Gasteiger partial charge in [0, 0.05) is 24.1 Å². The van der Waals surface area contributed by atoms with Crippen LogP contribution in [-0.2, 0) is 11.8 Å². The number of nitrogens with zero attached hydrogens (tertiary/aromatic N) is 3. The number of esters is 1. The van der Waals surface area contributed by atoms with Crippen LogP contribution in [0.25, 0.3) is 21.9 Å². The summed E-state index contributed by atoms with van der Waals surface area (Å²) in [6.45, 7) is -1.24. The average molecular weight is 369 g/mol. The number of aryl methyl sites for hydroxylation is 1. The molecule has 0 bridgehead atoms. The summed E-state index contributed by atoms with van der Waals surface area (Å²) in [6, 6.07) is 14.0. The van der Waals surface area contributed by atoms with Crippen LogP contribution in [-0.4, -0.2) is 20.1 Å². The molecule has 7 heteroatoms. The van der Waals surface area contributed by atoms with Crippen molar-refractivity contribution in [2.24, 2.45) is 7.05 Å². The number of ether oxygens (including phenoxy) is 1. The minimum atomic E-state index is -2.79. The number of carbonyl (C=O) groups is 1. The zero-order valence-corrected chi connectivity index (χ0v) is 14.8. The molecule has 0 spiro atoms. The molecule has 1 atom stereocenters. The van der Waals surface area contributed by atoms with Crippen molar-refractivity contribution in [2.45, 2.75) is 19.6 Å². The van der Waals surface area contributed by atoms with E-state index in [-0.39, 0.29) is 5.82 Å². The van der Waals surface area contributed by atoms with Crippen LogP contribution in [0.3, 0.4) is 0 Å². The normalized spacial score (nSPS) is 12.8. The van der Waals surface area contributed by atoms with E-state index in [1.807, 2.05) is 35.9 Å². The molecule has 0 amide bonds. The molecule has 0 saturated carbocycles. The first-order chi connectivity index (χ1) is 13.0. The number of imidazole rings is 1. The topological polar surface area (TPSA) is 49.1 Å². The van der Waals surface area contributed by atoms with Crippen LogP contribution in [0.5, 0.6) is 0 Å². The molecule has 138 valence electrons. The van der Waals surface area contributed by atoms with E-state index in [9.17, 15) is 13.6 Å². The van der Waals surface area contributed by atoms with Gasteiger partial charge in [-0.15, -0.1) is 0 Å². The van der Waals surface area contributed by atoms with E-state index < -0.39 is 18.6 Å². The van der Waals surface area contributed by atoms with Gasteiger partial charge in [0.15, 0.2) is 11.9 Å².